The zero-order chi connectivity index (χ0) is 22.2. The Morgan fingerprint density at radius 1 is 1.20 bits per heavy atom. The molecule has 0 N–H and O–H groups in total. The third-order valence-corrected chi connectivity index (χ3v) is 6.85. The minimum Gasteiger partial charge on any atom is -0.355 e. The first kappa shape index (κ1) is 22.5. The number of thiocarbonyl (C=S) groups is 1. The van der Waals surface area contributed by atoms with Gasteiger partial charge in [-0.1, -0.05) is 37.8 Å². The fourth-order valence-electron chi connectivity index (χ4n) is 3.77. The van der Waals surface area contributed by atoms with E-state index in [1.807, 2.05) is 26.0 Å². The second-order valence-corrected chi connectivity index (χ2v) is 9.87. The average molecular weight is 446 g/mol. The topological polar surface area (TPSA) is 72.6 Å². The lowest BCUT2D eigenvalue weighted by Crippen LogP contribution is -2.46. The van der Waals surface area contributed by atoms with E-state index in [4.69, 9.17) is 12.2 Å². The van der Waals surface area contributed by atoms with Crippen LogP contribution >= 0.6 is 24.0 Å². The molecule has 1 amide bonds. The molecule has 9 heteroatoms. The number of hydrogen-bond donors (Lipinski definition) is 0. The fraction of sp³-hybridized carbons (Fsp3) is 0.524. The van der Waals surface area contributed by atoms with Crippen molar-refractivity contribution in [2.24, 2.45) is 13.0 Å². The quantitative estimate of drug-likeness (QED) is 0.519. The van der Waals surface area contributed by atoms with Gasteiger partial charge in [0.05, 0.1) is 4.91 Å². The Balaban J connectivity index is 2.14. The summed E-state index contributed by atoms with van der Waals surface area (Å²) in [6.07, 6.45) is 1.81. The van der Waals surface area contributed by atoms with E-state index in [-0.39, 0.29) is 17.0 Å². The van der Waals surface area contributed by atoms with Crippen molar-refractivity contribution in [1.82, 2.24) is 14.4 Å². The van der Waals surface area contributed by atoms with E-state index in [1.165, 1.54) is 16.3 Å². The normalized spacial score (nSPS) is 19.3. The minimum atomic E-state index is -0.312. The van der Waals surface area contributed by atoms with Gasteiger partial charge in [0.25, 0.3) is 11.5 Å². The van der Waals surface area contributed by atoms with E-state index in [1.54, 1.807) is 18.9 Å². The minimum absolute atomic E-state index is 0.110. The second-order valence-electron chi connectivity index (χ2n) is 8.19. The Bertz CT molecular complexity index is 1010. The van der Waals surface area contributed by atoms with Crippen LogP contribution in [0.4, 0.5) is 5.82 Å². The summed E-state index contributed by atoms with van der Waals surface area (Å²) in [5.74, 6) is 0.936. The fourth-order valence-corrected chi connectivity index (χ4v) is 5.02. The number of rotatable bonds is 4. The molecule has 160 valence electrons. The van der Waals surface area contributed by atoms with Crippen LogP contribution in [-0.4, -0.2) is 64.4 Å². The van der Waals surface area contributed by atoms with Crippen molar-refractivity contribution < 1.29 is 4.79 Å². The predicted molar refractivity (Wildman–Crippen MR) is 126 cm³/mol. The molecule has 1 aromatic rings. The second kappa shape index (κ2) is 8.92. The molecule has 2 aliphatic heterocycles. The summed E-state index contributed by atoms with van der Waals surface area (Å²) in [5.41, 5.74) is 1.14. The van der Waals surface area contributed by atoms with Gasteiger partial charge in [-0.05, 0) is 31.5 Å². The van der Waals surface area contributed by atoms with Crippen molar-refractivity contribution in [3.05, 3.63) is 31.9 Å². The first-order valence-corrected chi connectivity index (χ1v) is 11.2. The van der Waals surface area contributed by atoms with Crippen LogP contribution in [0.2, 0.25) is 0 Å². The average Bonchev–Trinajstić information content (AvgIpc) is 2.95. The van der Waals surface area contributed by atoms with Gasteiger partial charge in [-0.3, -0.25) is 19.1 Å². The zero-order valence-electron chi connectivity index (χ0n) is 18.1. The molecule has 2 saturated heterocycles. The van der Waals surface area contributed by atoms with E-state index < -0.39 is 0 Å². The summed E-state index contributed by atoms with van der Waals surface area (Å²) >= 11 is 6.71. The lowest BCUT2D eigenvalue weighted by molar-refractivity contribution is -0.122. The number of aromatic nitrogens is 1. The highest BCUT2D eigenvalue weighted by Gasteiger charge is 2.33. The molecule has 0 bridgehead atoms. The zero-order valence-corrected chi connectivity index (χ0v) is 19.7. The van der Waals surface area contributed by atoms with Crippen LogP contribution < -0.4 is 10.5 Å². The van der Waals surface area contributed by atoms with Gasteiger partial charge in [-0.15, -0.1) is 0 Å². The van der Waals surface area contributed by atoms with Crippen molar-refractivity contribution in [2.75, 3.05) is 44.7 Å². The standard InChI is InChI=1S/C21H27N5O2S2/c1-13(2)12-26-20(28)17(30-21(26)29)10-15-14(3)16(11-22)19(27)24(5)18(15)25-8-6-23(4)7-9-25/h10,13H,6-9,12H2,1-5H3/b17-10-. The first-order chi connectivity index (χ1) is 14.1. The third kappa shape index (κ3) is 4.17. The molecule has 0 saturated carbocycles. The highest BCUT2D eigenvalue weighted by Crippen LogP contribution is 2.36. The number of piperazine rings is 1. The number of amides is 1. The van der Waals surface area contributed by atoms with Gasteiger partial charge in [0.1, 0.15) is 21.8 Å². The molecule has 0 aliphatic carbocycles. The monoisotopic (exact) mass is 445 g/mol. The summed E-state index contributed by atoms with van der Waals surface area (Å²) in [5, 5.41) is 9.57. The molecule has 0 aromatic carbocycles. The number of carbonyl (C=O) groups is 1. The lowest BCUT2D eigenvalue weighted by Gasteiger charge is -2.36. The summed E-state index contributed by atoms with van der Waals surface area (Å²) in [7, 11) is 3.76. The van der Waals surface area contributed by atoms with Gasteiger partial charge < -0.3 is 9.80 Å². The van der Waals surface area contributed by atoms with Crippen molar-refractivity contribution >= 4 is 46.1 Å². The molecule has 3 rings (SSSR count). The number of pyridine rings is 1. The van der Waals surface area contributed by atoms with Gasteiger partial charge in [-0.2, -0.15) is 5.26 Å². The van der Waals surface area contributed by atoms with Crippen LogP contribution in [0.25, 0.3) is 6.08 Å². The Hall–Kier alpha value is -2.15. The van der Waals surface area contributed by atoms with Gasteiger partial charge in [0, 0.05) is 45.3 Å². The van der Waals surface area contributed by atoms with Crippen LogP contribution in [0.15, 0.2) is 9.70 Å². The summed E-state index contributed by atoms with van der Waals surface area (Å²) < 4.78 is 2.08. The third-order valence-electron chi connectivity index (χ3n) is 5.47. The maximum Gasteiger partial charge on any atom is 0.270 e. The molecule has 1 aromatic heterocycles. The Kier molecular flexibility index (Phi) is 6.70. The Morgan fingerprint density at radius 3 is 2.40 bits per heavy atom. The van der Waals surface area contributed by atoms with E-state index in [0.29, 0.717) is 27.3 Å². The summed E-state index contributed by atoms with van der Waals surface area (Å²) in [6, 6.07) is 2.04. The number of nitriles is 1. The van der Waals surface area contributed by atoms with E-state index in [9.17, 15) is 14.9 Å². The smallest absolute Gasteiger partial charge is 0.270 e. The molecule has 0 radical (unpaired) electrons. The largest absolute Gasteiger partial charge is 0.355 e. The lowest BCUT2D eigenvalue weighted by atomic mass is 10.0. The van der Waals surface area contributed by atoms with Crippen LogP contribution in [0, 0.1) is 24.2 Å². The van der Waals surface area contributed by atoms with Crippen LogP contribution in [0.5, 0.6) is 0 Å². The highest BCUT2D eigenvalue weighted by molar-refractivity contribution is 8.26. The SMILES string of the molecule is Cc1c(/C=C2\SC(=S)N(CC(C)C)C2=O)c(N2CCN(C)CC2)n(C)c(=O)c1C#N. The predicted octanol–water partition coefficient (Wildman–Crippen LogP) is 2.17. The van der Waals surface area contributed by atoms with E-state index >= 15 is 0 Å². The van der Waals surface area contributed by atoms with Crippen LogP contribution in [0.1, 0.15) is 30.5 Å². The van der Waals surface area contributed by atoms with E-state index in [0.717, 1.165) is 37.6 Å². The van der Waals surface area contributed by atoms with Gasteiger partial charge >= 0.3 is 0 Å². The molecule has 0 spiro atoms. The molecule has 7 nitrogen and oxygen atoms in total. The van der Waals surface area contributed by atoms with Gasteiger partial charge in [-0.25, -0.2) is 0 Å². The molecule has 0 unspecified atom stereocenters. The Morgan fingerprint density at radius 2 is 1.83 bits per heavy atom. The van der Waals surface area contributed by atoms with E-state index in [2.05, 4.69) is 16.8 Å². The number of hydrogen-bond acceptors (Lipinski definition) is 7. The maximum absolute atomic E-state index is 13.0. The van der Waals surface area contributed by atoms with Crippen LogP contribution in [-0.2, 0) is 11.8 Å². The molecule has 2 fully saturated rings. The molecular weight excluding hydrogens is 418 g/mol. The number of anilines is 1. The van der Waals surface area contributed by atoms with Crippen molar-refractivity contribution in [1.29, 1.82) is 5.26 Å². The molecule has 3 heterocycles. The molecular formula is C21H27N5O2S2. The molecule has 2 aliphatic rings. The highest BCUT2D eigenvalue weighted by atomic mass is 32.2. The number of nitrogens with zero attached hydrogens (tertiary/aromatic N) is 5. The van der Waals surface area contributed by atoms with Crippen molar-refractivity contribution in [3.63, 3.8) is 0 Å². The van der Waals surface area contributed by atoms with Crippen molar-refractivity contribution in [2.45, 2.75) is 20.8 Å². The van der Waals surface area contributed by atoms with Crippen LogP contribution in [0.3, 0.4) is 0 Å². The maximum atomic E-state index is 13.0. The van der Waals surface area contributed by atoms with Gasteiger partial charge in [0.15, 0.2) is 0 Å². The number of carbonyl (C=O) groups excluding carboxylic acids is 1. The molecule has 30 heavy (non-hydrogen) atoms. The summed E-state index contributed by atoms with van der Waals surface area (Å²) in [4.78, 5) is 32.4. The first-order valence-electron chi connectivity index (χ1n) is 9.98. The number of thioether (sulfide) groups is 1. The molecule has 0 atom stereocenters. The summed E-state index contributed by atoms with van der Waals surface area (Å²) in [6.45, 7) is 9.73. The van der Waals surface area contributed by atoms with Crippen molar-refractivity contribution in [3.8, 4) is 6.07 Å². The Labute approximate surface area is 186 Å². The van der Waals surface area contributed by atoms with Gasteiger partial charge in [0.2, 0.25) is 0 Å². The number of likely N-dealkylation sites (N-methyl/N-ethyl adjacent to an activating group) is 1.